The summed E-state index contributed by atoms with van der Waals surface area (Å²) in [5.41, 5.74) is 1.79. The molecule has 0 amide bonds. The zero-order valence-electron chi connectivity index (χ0n) is 13.5. The molecule has 0 spiro atoms. The number of pyridine rings is 1. The predicted molar refractivity (Wildman–Crippen MR) is 100 cm³/mol. The summed E-state index contributed by atoms with van der Waals surface area (Å²) in [6.45, 7) is 0.466. The molecule has 0 fully saturated rings. The molecule has 0 aliphatic carbocycles. The lowest BCUT2D eigenvalue weighted by atomic mass is 10.1. The first kappa shape index (κ1) is 16.1. The Labute approximate surface area is 151 Å². The number of benzene rings is 1. The van der Waals surface area contributed by atoms with Crippen LogP contribution in [0.2, 0.25) is 0 Å². The third-order valence-electron chi connectivity index (χ3n) is 3.73. The van der Waals surface area contributed by atoms with Crippen LogP contribution in [0.1, 0.15) is 16.0 Å². The van der Waals surface area contributed by atoms with Crippen molar-refractivity contribution in [3.63, 3.8) is 0 Å². The molecular weight excluding hydrogens is 350 g/mol. The number of aromatic amines is 1. The van der Waals surface area contributed by atoms with Crippen LogP contribution in [0.25, 0.3) is 6.08 Å². The highest BCUT2D eigenvalue weighted by molar-refractivity contribution is 7.10. The monoisotopic (exact) mass is 363 g/mol. The van der Waals surface area contributed by atoms with Crippen molar-refractivity contribution in [1.82, 2.24) is 9.97 Å². The Bertz CT molecular complexity index is 1190. The van der Waals surface area contributed by atoms with Crippen LogP contribution in [0, 0.1) is 0 Å². The highest BCUT2D eigenvalue weighted by Crippen LogP contribution is 2.15. The van der Waals surface area contributed by atoms with E-state index in [0.29, 0.717) is 17.3 Å². The molecule has 0 saturated heterocycles. The first-order valence-electron chi connectivity index (χ1n) is 7.77. The summed E-state index contributed by atoms with van der Waals surface area (Å²) in [6, 6.07) is 9.43. The zero-order chi connectivity index (χ0) is 17.9. The van der Waals surface area contributed by atoms with E-state index in [0.717, 1.165) is 33.0 Å². The highest BCUT2D eigenvalue weighted by atomic mass is 32.1. The van der Waals surface area contributed by atoms with Crippen molar-refractivity contribution in [1.29, 1.82) is 0 Å². The second-order valence-corrected chi connectivity index (χ2v) is 6.54. The third kappa shape index (κ3) is 3.35. The summed E-state index contributed by atoms with van der Waals surface area (Å²) in [5, 5.41) is 11.3. The molecule has 0 bridgehead atoms. The Morgan fingerprint density at radius 2 is 2.23 bits per heavy atom. The first-order valence-corrected chi connectivity index (χ1v) is 8.59. The van der Waals surface area contributed by atoms with E-state index in [1.165, 1.54) is 6.34 Å². The number of rotatable bonds is 3. The van der Waals surface area contributed by atoms with E-state index in [4.69, 9.17) is 0 Å². The molecule has 2 aromatic heterocycles. The van der Waals surface area contributed by atoms with E-state index in [2.05, 4.69) is 24.9 Å². The van der Waals surface area contributed by atoms with E-state index in [1.807, 2.05) is 30.3 Å². The summed E-state index contributed by atoms with van der Waals surface area (Å²) in [4.78, 5) is 31.0. The number of hydrogen-bond acceptors (Lipinski definition) is 6. The lowest BCUT2D eigenvalue weighted by Crippen LogP contribution is -2.22. The van der Waals surface area contributed by atoms with Crippen LogP contribution in [0.3, 0.4) is 0 Å². The van der Waals surface area contributed by atoms with Crippen LogP contribution in [-0.4, -0.2) is 27.2 Å². The average Bonchev–Trinajstić information content (AvgIpc) is 2.98. The summed E-state index contributed by atoms with van der Waals surface area (Å²) in [7, 11) is 0. The van der Waals surface area contributed by atoms with Gasteiger partial charge in [-0.1, -0.05) is 23.5 Å². The summed E-state index contributed by atoms with van der Waals surface area (Å²) < 4.78 is 0. The molecule has 1 aromatic carbocycles. The van der Waals surface area contributed by atoms with Gasteiger partial charge in [0.25, 0.3) is 0 Å². The van der Waals surface area contributed by atoms with E-state index in [9.17, 15) is 9.90 Å². The fraction of sp³-hybridized carbons (Fsp3) is 0.0556. The number of hydrogen-bond donors (Lipinski definition) is 2. The Kier molecular flexibility index (Phi) is 4.24. The van der Waals surface area contributed by atoms with Crippen molar-refractivity contribution in [2.75, 3.05) is 0 Å². The molecule has 3 aromatic rings. The molecule has 2 N–H and O–H groups in total. The zero-order valence-corrected chi connectivity index (χ0v) is 14.3. The number of fused-ring (bicyclic) bond motifs is 1. The quantitative estimate of drug-likeness (QED) is 0.725. The molecule has 0 saturated carbocycles. The minimum absolute atomic E-state index is 0.133. The number of thiazole rings is 1. The summed E-state index contributed by atoms with van der Waals surface area (Å²) in [6.07, 6.45) is 6.70. The Balaban J connectivity index is 1.74. The van der Waals surface area contributed by atoms with E-state index >= 15 is 0 Å². The molecular formula is C18H13N5O2S. The highest BCUT2D eigenvalue weighted by Gasteiger charge is 2.09. The Hall–Kier alpha value is -3.39. The molecule has 8 heteroatoms. The predicted octanol–water partition coefficient (Wildman–Crippen LogP) is 0.974. The van der Waals surface area contributed by atoms with Crippen molar-refractivity contribution >= 4 is 29.6 Å². The number of nitrogens with one attached hydrogen (secondary N) is 1. The van der Waals surface area contributed by atoms with Gasteiger partial charge in [-0.15, -0.1) is 0 Å². The van der Waals surface area contributed by atoms with E-state index < -0.39 is 0 Å². The van der Waals surface area contributed by atoms with Gasteiger partial charge in [-0.3, -0.25) is 19.8 Å². The lowest BCUT2D eigenvalue weighted by Gasteiger charge is -2.06. The number of nitrogens with zero attached hydrogens (tertiary/aromatic N) is 4. The maximum absolute atomic E-state index is 11.3. The van der Waals surface area contributed by atoms with Gasteiger partial charge in [0.15, 0.2) is 5.84 Å². The largest absolute Gasteiger partial charge is 0.493 e. The fourth-order valence-corrected chi connectivity index (χ4v) is 3.21. The molecule has 7 nitrogen and oxygen atoms in total. The number of amidine groups is 1. The standard InChI is InChI=1S/C18H13N5O2S/c24-17-15(26-18(25)23-17)7-11-3-4-14-13(6-11)16(22-10-21-14)20-9-12-2-1-5-19-8-12/h1-8,10,24H,9H2,(H,23,25). The van der Waals surface area contributed by atoms with Crippen LogP contribution < -0.4 is 15.4 Å². The fourth-order valence-electron chi connectivity index (χ4n) is 2.52. The Morgan fingerprint density at radius 3 is 3.00 bits per heavy atom. The van der Waals surface area contributed by atoms with Crippen LogP contribution in [0.4, 0.5) is 0 Å². The average molecular weight is 363 g/mol. The van der Waals surface area contributed by atoms with Crippen LogP contribution in [0.5, 0.6) is 5.88 Å². The van der Waals surface area contributed by atoms with Gasteiger partial charge >= 0.3 is 4.87 Å². The van der Waals surface area contributed by atoms with Gasteiger partial charge in [-0.2, -0.15) is 0 Å². The number of H-pyrrole nitrogens is 1. The molecule has 1 aliphatic rings. The topological polar surface area (TPSA) is 103 Å². The van der Waals surface area contributed by atoms with Gasteiger partial charge < -0.3 is 5.11 Å². The maximum Gasteiger partial charge on any atom is 0.307 e. The molecule has 128 valence electrons. The van der Waals surface area contributed by atoms with E-state index in [-0.39, 0.29) is 10.8 Å². The first-order chi connectivity index (χ1) is 12.7. The van der Waals surface area contributed by atoms with Crippen LogP contribution >= 0.6 is 11.3 Å². The smallest absolute Gasteiger partial charge is 0.307 e. The molecule has 0 atom stereocenters. The summed E-state index contributed by atoms with van der Waals surface area (Å²) in [5.74, 6) is 0.450. The van der Waals surface area contributed by atoms with E-state index in [1.54, 1.807) is 18.5 Å². The SMILES string of the molecule is O=c1[nH]c(O)c(C=c2ccc3c(c2)C(=NCc2cccnc2)N=CN=3)s1. The third-order valence-corrected chi connectivity index (χ3v) is 4.55. The molecule has 0 unspecified atom stereocenters. The molecule has 26 heavy (non-hydrogen) atoms. The molecule has 0 radical (unpaired) electrons. The van der Waals surface area contributed by atoms with Crippen molar-refractivity contribution in [3.05, 3.63) is 79.0 Å². The number of aromatic hydroxyl groups is 1. The van der Waals surface area contributed by atoms with Gasteiger partial charge in [-0.25, -0.2) is 9.98 Å². The van der Waals surface area contributed by atoms with Crippen molar-refractivity contribution in [3.8, 4) is 5.88 Å². The van der Waals surface area contributed by atoms with Gasteiger partial charge in [0.2, 0.25) is 5.88 Å². The summed E-state index contributed by atoms with van der Waals surface area (Å²) >= 11 is 0.948. The molecule has 3 heterocycles. The van der Waals surface area contributed by atoms with Crippen LogP contribution in [0.15, 0.2) is 62.5 Å². The maximum atomic E-state index is 11.3. The number of aliphatic imine (C=N–C) groups is 2. The second-order valence-electron chi connectivity index (χ2n) is 5.52. The molecule has 4 rings (SSSR count). The van der Waals surface area contributed by atoms with Gasteiger partial charge in [0, 0.05) is 18.0 Å². The second kappa shape index (κ2) is 6.85. The van der Waals surface area contributed by atoms with Gasteiger partial charge in [-0.05, 0) is 35.1 Å². The van der Waals surface area contributed by atoms with Gasteiger partial charge in [0.1, 0.15) is 6.34 Å². The number of aromatic nitrogens is 2. The minimum Gasteiger partial charge on any atom is -0.493 e. The van der Waals surface area contributed by atoms with Crippen molar-refractivity contribution < 1.29 is 5.11 Å². The van der Waals surface area contributed by atoms with Crippen molar-refractivity contribution in [2.24, 2.45) is 15.0 Å². The van der Waals surface area contributed by atoms with Crippen molar-refractivity contribution in [2.45, 2.75) is 6.54 Å². The lowest BCUT2D eigenvalue weighted by molar-refractivity contribution is 0.455. The normalized spacial score (nSPS) is 15.1. The van der Waals surface area contributed by atoms with Gasteiger partial charge in [0.05, 0.1) is 16.8 Å². The minimum atomic E-state index is -0.301. The Morgan fingerprint density at radius 1 is 1.31 bits per heavy atom. The molecule has 1 aliphatic heterocycles. The van der Waals surface area contributed by atoms with Crippen LogP contribution in [-0.2, 0) is 6.54 Å².